The molecule has 0 radical (unpaired) electrons. The number of furan rings is 1. The Hall–Kier alpha value is -5.80. The molecule has 9 aromatic rings. The standard InChI is InChI=1S/C48H40N2O/c1-3-5-15-33-25-39-38-27-35(45-30-44(31-17-9-7-10-18-31)49-48(50-45)32-19-11-8-12-20-32)23-24-36(38)42-29-47-43(37-21-13-14-22-46(37)51-47)28-41(42)40(39)26-34(33)16-6-4-2/h7-14,17-30H,3-6,15-16H2,1-2H3. The molecule has 51 heavy (non-hydrogen) atoms. The molecule has 0 atom stereocenters. The zero-order valence-corrected chi connectivity index (χ0v) is 29.2. The third kappa shape index (κ3) is 5.63. The van der Waals surface area contributed by atoms with Crippen LogP contribution in [0.4, 0.5) is 0 Å². The molecule has 2 heterocycles. The van der Waals surface area contributed by atoms with Crippen molar-refractivity contribution in [3.8, 4) is 33.9 Å². The van der Waals surface area contributed by atoms with Gasteiger partial charge in [-0.1, -0.05) is 130 Å². The first kappa shape index (κ1) is 31.2. The molecule has 3 nitrogen and oxygen atoms in total. The van der Waals surface area contributed by atoms with Gasteiger partial charge in [-0.15, -0.1) is 0 Å². The predicted molar refractivity (Wildman–Crippen MR) is 215 cm³/mol. The Labute approximate surface area is 298 Å². The molecule has 248 valence electrons. The summed E-state index contributed by atoms with van der Waals surface area (Å²) in [7, 11) is 0. The van der Waals surface area contributed by atoms with Crippen LogP contribution in [0.25, 0.3) is 88.2 Å². The minimum absolute atomic E-state index is 0.727. The average Bonchev–Trinajstić information content (AvgIpc) is 3.56. The van der Waals surface area contributed by atoms with Crippen molar-refractivity contribution in [2.24, 2.45) is 0 Å². The van der Waals surface area contributed by atoms with Crippen LogP contribution in [0.5, 0.6) is 0 Å². The van der Waals surface area contributed by atoms with Crippen molar-refractivity contribution in [3.63, 3.8) is 0 Å². The summed E-state index contributed by atoms with van der Waals surface area (Å²) in [5, 5.41) is 9.92. The lowest BCUT2D eigenvalue weighted by molar-refractivity contribution is 0.669. The molecule has 0 aliphatic heterocycles. The van der Waals surface area contributed by atoms with Gasteiger partial charge >= 0.3 is 0 Å². The van der Waals surface area contributed by atoms with Crippen molar-refractivity contribution in [3.05, 3.63) is 145 Å². The van der Waals surface area contributed by atoms with Crippen molar-refractivity contribution in [1.82, 2.24) is 9.97 Å². The van der Waals surface area contributed by atoms with Gasteiger partial charge in [-0.3, -0.25) is 0 Å². The fourth-order valence-electron chi connectivity index (χ4n) is 7.78. The van der Waals surface area contributed by atoms with E-state index in [-0.39, 0.29) is 0 Å². The van der Waals surface area contributed by atoms with E-state index in [1.807, 2.05) is 30.3 Å². The first-order valence-electron chi connectivity index (χ1n) is 18.4. The third-order valence-corrected chi connectivity index (χ3v) is 10.5. The molecule has 0 unspecified atom stereocenters. The molecule has 0 fully saturated rings. The maximum Gasteiger partial charge on any atom is 0.160 e. The van der Waals surface area contributed by atoms with Crippen molar-refractivity contribution in [1.29, 1.82) is 0 Å². The molecular weight excluding hydrogens is 621 g/mol. The molecule has 0 N–H and O–H groups in total. The van der Waals surface area contributed by atoms with Crippen LogP contribution < -0.4 is 0 Å². The van der Waals surface area contributed by atoms with Crippen LogP contribution >= 0.6 is 0 Å². The number of fused-ring (bicyclic) bond motifs is 9. The van der Waals surface area contributed by atoms with E-state index in [0.29, 0.717) is 0 Å². The van der Waals surface area contributed by atoms with E-state index < -0.39 is 0 Å². The fourth-order valence-corrected chi connectivity index (χ4v) is 7.78. The summed E-state index contributed by atoms with van der Waals surface area (Å²) in [6, 6.07) is 47.8. The minimum Gasteiger partial charge on any atom is -0.456 e. The summed E-state index contributed by atoms with van der Waals surface area (Å²) in [4.78, 5) is 10.2. The summed E-state index contributed by atoms with van der Waals surface area (Å²) < 4.78 is 6.45. The number of rotatable bonds is 9. The third-order valence-electron chi connectivity index (χ3n) is 10.5. The largest absolute Gasteiger partial charge is 0.456 e. The Balaban J connectivity index is 1.34. The Morgan fingerprint density at radius 3 is 1.67 bits per heavy atom. The summed E-state index contributed by atoms with van der Waals surface area (Å²) in [6.07, 6.45) is 6.95. The van der Waals surface area contributed by atoms with E-state index >= 15 is 0 Å². The van der Waals surface area contributed by atoms with Gasteiger partial charge in [0.2, 0.25) is 0 Å². The fraction of sp³-hybridized carbons (Fsp3) is 0.167. The number of para-hydroxylation sites is 1. The van der Waals surface area contributed by atoms with Crippen LogP contribution in [-0.2, 0) is 12.8 Å². The lowest BCUT2D eigenvalue weighted by Crippen LogP contribution is -1.98. The second-order valence-electron chi connectivity index (χ2n) is 13.8. The number of nitrogens with zero attached hydrogens (tertiary/aromatic N) is 2. The zero-order valence-electron chi connectivity index (χ0n) is 29.2. The highest BCUT2D eigenvalue weighted by atomic mass is 16.3. The maximum absolute atomic E-state index is 6.45. The molecule has 0 aliphatic carbocycles. The average molecular weight is 661 g/mol. The Kier molecular flexibility index (Phi) is 8.05. The minimum atomic E-state index is 0.727. The van der Waals surface area contributed by atoms with Gasteiger partial charge in [-0.05, 0) is 99.5 Å². The van der Waals surface area contributed by atoms with Crippen LogP contribution in [0.1, 0.15) is 50.7 Å². The highest BCUT2D eigenvalue weighted by Gasteiger charge is 2.18. The van der Waals surface area contributed by atoms with Crippen LogP contribution in [0.2, 0.25) is 0 Å². The van der Waals surface area contributed by atoms with Crippen molar-refractivity contribution < 1.29 is 4.42 Å². The molecule has 0 saturated carbocycles. The van der Waals surface area contributed by atoms with Gasteiger partial charge in [0, 0.05) is 27.5 Å². The second-order valence-corrected chi connectivity index (χ2v) is 13.8. The van der Waals surface area contributed by atoms with Gasteiger partial charge in [0.15, 0.2) is 5.82 Å². The number of aromatic nitrogens is 2. The van der Waals surface area contributed by atoms with Crippen LogP contribution in [0.15, 0.2) is 138 Å². The molecule has 0 amide bonds. The van der Waals surface area contributed by atoms with E-state index in [2.05, 4.69) is 117 Å². The summed E-state index contributed by atoms with van der Waals surface area (Å²) in [5.41, 5.74) is 9.81. The summed E-state index contributed by atoms with van der Waals surface area (Å²) >= 11 is 0. The molecule has 0 saturated heterocycles. The first-order chi connectivity index (χ1) is 25.2. The van der Waals surface area contributed by atoms with E-state index in [4.69, 9.17) is 14.4 Å². The summed E-state index contributed by atoms with van der Waals surface area (Å²) in [6.45, 7) is 4.58. The van der Waals surface area contributed by atoms with Crippen molar-refractivity contribution in [2.75, 3.05) is 0 Å². The Bertz CT molecular complexity index is 2650. The topological polar surface area (TPSA) is 38.9 Å². The van der Waals surface area contributed by atoms with Crippen LogP contribution in [0.3, 0.4) is 0 Å². The van der Waals surface area contributed by atoms with Crippen molar-refractivity contribution >= 4 is 54.3 Å². The smallest absolute Gasteiger partial charge is 0.160 e. The van der Waals surface area contributed by atoms with E-state index in [1.54, 1.807) is 0 Å². The van der Waals surface area contributed by atoms with E-state index in [1.165, 1.54) is 74.5 Å². The Morgan fingerprint density at radius 1 is 0.412 bits per heavy atom. The quantitative estimate of drug-likeness (QED) is 0.145. The summed E-state index contributed by atoms with van der Waals surface area (Å²) in [5.74, 6) is 0.727. The van der Waals surface area contributed by atoms with Crippen LogP contribution in [0, 0.1) is 0 Å². The Morgan fingerprint density at radius 2 is 0.980 bits per heavy atom. The molecule has 2 aromatic heterocycles. The SMILES string of the molecule is CCCCc1cc2c3cc(-c4cc(-c5ccccc5)nc(-c5ccccc5)n4)ccc3c3cc4oc5ccccc5c4cc3c2cc1CCCC. The monoisotopic (exact) mass is 660 g/mol. The van der Waals surface area contributed by atoms with E-state index in [0.717, 1.165) is 63.3 Å². The second kappa shape index (κ2) is 13.2. The predicted octanol–water partition coefficient (Wildman–Crippen LogP) is 13.5. The van der Waals surface area contributed by atoms with Gasteiger partial charge in [-0.2, -0.15) is 0 Å². The van der Waals surface area contributed by atoms with Crippen molar-refractivity contribution in [2.45, 2.75) is 52.4 Å². The molecule has 9 rings (SSSR count). The molecule has 0 spiro atoms. The maximum atomic E-state index is 6.45. The lowest BCUT2D eigenvalue weighted by atomic mass is 9.87. The number of unbranched alkanes of at least 4 members (excludes halogenated alkanes) is 2. The van der Waals surface area contributed by atoms with Crippen LogP contribution in [-0.4, -0.2) is 9.97 Å². The highest BCUT2D eigenvalue weighted by Crippen LogP contribution is 2.42. The molecular formula is C48H40N2O. The normalized spacial score (nSPS) is 11.8. The lowest BCUT2D eigenvalue weighted by Gasteiger charge is -2.17. The van der Waals surface area contributed by atoms with Gasteiger partial charge < -0.3 is 4.42 Å². The number of hydrogen-bond donors (Lipinski definition) is 0. The number of aryl methyl sites for hydroxylation is 2. The van der Waals surface area contributed by atoms with Gasteiger partial charge in [0.05, 0.1) is 11.4 Å². The highest BCUT2D eigenvalue weighted by molar-refractivity contribution is 6.28. The van der Waals surface area contributed by atoms with Gasteiger partial charge in [0.25, 0.3) is 0 Å². The number of hydrogen-bond acceptors (Lipinski definition) is 3. The molecule has 7 aromatic carbocycles. The molecule has 3 heteroatoms. The first-order valence-corrected chi connectivity index (χ1v) is 18.4. The zero-order chi connectivity index (χ0) is 34.3. The molecule has 0 bridgehead atoms. The number of benzene rings is 7. The van der Waals surface area contributed by atoms with Gasteiger partial charge in [0.1, 0.15) is 11.2 Å². The van der Waals surface area contributed by atoms with Gasteiger partial charge in [-0.25, -0.2) is 9.97 Å². The molecule has 0 aliphatic rings. The van der Waals surface area contributed by atoms with E-state index in [9.17, 15) is 0 Å².